The predicted molar refractivity (Wildman–Crippen MR) is 79.0 cm³/mol. The summed E-state index contributed by atoms with van der Waals surface area (Å²) >= 11 is 3.40. The molecule has 21 heavy (non-hydrogen) atoms. The van der Waals surface area contributed by atoms with Gasteiger partial charge in [-0.2, -0.15) is 0 Å². The number of aryl methyl sites for hydroxylation is 2. The molecule has 0 aliphatic heterocycles. The van der Waals surface area contributed by atoms with Crippen molar-refractivity contribution in [3.8, 4) is 11.4 Å². The molecule has 2 aromatic heterocycles. The molecule has 0 atom stereocenters. The Morgan fingerprint density at radius 2 is 2.05 bits per heavy atom. The van der Waals surface area contributed by atoms with E-state index in [0.717, 1.165) is 21.3 Å². The lowest BCUT2D eigenvalue weighted by molar-refractivity contribution is 0.377. The quantitative estimate of drug-likeness (QED) is 0.726. The number of hydrogen-bond donors (Lipinski definition) is 0. The fraction of sp³-hybridized carbons (Fsp3) is 0.214. The molecule has 0 saturated heterocycles. The molecule has 1 aromatic carbocycles. The van der Waals surface area contributed by atoms with Gasteiger partial charge in [-0.15, -0.1) is 0 Å². The maximum atomic E-state index is 11.9. The standard InChI is InChI=1S/C14H12BrN3O3/c1-8-12(9(2)20-16-8)7-18-13(17-21-14(18)19)10-4-3-5-11(15)6-10/h3-6H,7H2,1-2H3. The molecule has 3 rings (SSSR count). The Morgan fingerprint density at radius 1 is 1.24 bits per heavy atom. The third kappa shape index (κ3) is 2.56. The minimum atomic E-state index is -0.509. The number of benzene rings is 1. The average molecular weight is 350 g/mol. The molecular weight excluding hydrogens is 338 g/mol. The lowest BCUT2D eigenvalue weighted by Crippen LogP contribution is -2.17. The van der Waals surface area contributed by atoms with Crippen LogP contribution in [0, 0.1) is 13.8 Å². The Morgan fingerprint density at radius 3 is 2.71 bits per heavy atom. The first-order valence-corrected chi connectivity index (χ1v) is 7.10. The molecule has 0 unspecified atom stereocenters. The van der Waals surface area contributed by atoms with E-state index in [1.54, 1.807) is 0 Å². The van der Waals surface area contributed by atoms with Crippen LogP contribution in [-0.4, -0.2) is 14.9 Å². The lowest BCUT2D eigenvalue weighted by Gasteiger charge is -2.04. The van der Waals surface area contributed by atoms with E-state index >= 15 is 0 Å². The van der Waals surface area contributed by atoms with Crippen molar-refractivity contribution < 1.29 is 9.05 Å². The van der Waals surface area contributed by atoms with Crippen molar-refractivity contribution in [2.45, 2.75) is 20.4 Å². The van der Waals surface area contributed by atoms with Crippen molar-refractivity contribution in [2.75, 3.05) is 0 Å². The number of nitrogens with zero attached hydrogens (tertiary/aromatic N) is 3. The van der Waals surface area contributed by atoms with Crippen LogP contribution in [0.25, 0.3) is 11.4 Å². The van der Waals surface area contributed by atoms with Gasteiger partial charge in [0.15, 0.2) is 5.82 Å². The van der Waals surface area contributed by atoms with E-state index in [1.165, 1.54) is 4.57 Å². The monoisotopic (exact) mass is 349 g/mol. The van der Waals surface area contributed by atoms with E-state index in [0.29, 0.717) is 18.1 Å². The third-order valence-electron chi connectivity index (χ3n) is 3.27. The van der Waals surface area contributed by atoms with Crippen LogP contribution in [0.4, 0.5) is 0 Å². The largest absolute Gasteiger partial charge is 0.442 e. The van der Waals surface area contributed by atoms with Crippen LogP contribution >= 0.6 is 15.9 Å². The summed E-state index contributed by atoms with van der Waals surface area (Å²) in [5.41, 5.74) is 2.40. The number of halogens is 1. The van der Waals surface area contributed by atoms with Gasteiger partial charge >= 0.3 is 5.76 Å². The Hall–Kier alpha value is -2.15. The summed E-state index contributed by atoms with van der Waals surface area (Å²) in [6.07, 6.45) is 0. The average Bonchev–Trinajstić information content (AvgIpc) is 2.97. The zero-order chi connectivity index (χ0) is 15.0. The highest BCUT2D eigenvalue weighted by atomic mass is 79.9. The van der Waals surface area contributed by atoms with Crippen molar-refractivity contribution in [3.63, 3.8) is 0 Å². The molecule has 7 heteroatoms. The first-order valence-electron chi connectivity index (χ1n) is 6.30. The molecule has 3 aromatic rings. The van der Waals surface area contributed by atoms with Crippen LogP contribution in [-0.2, 0) is 6.54 Å². The minimum Gasteiger partial charge on any atom is -0.361 e. The smallest absolute Gasteiger partial charge is 0.361 e. The van der Waals surface area contributed by atoms with Crippen LogP contribution in [0.1, 0.15) is 17.0 Å². The van der Waals surface area contributed by atoms with Crippen molar-refractivity contribution in [1.82, 2.24) is 14.9 Å². The van der Waals surface area contributed by atoms with Crippen molar-refractivity contribution in [2.24, 2.45) is 0 Å². The van der Waals surface area contributed by atoms with Crippen molar-refractivity contribution in [1.29, 1.82) is 0 Å². The second-order valence-electron chi connectivity index (χ2n) is 4.67. The maximum absolute atomic E-state index is 11.9. The van der Waals surface area contributed by atoms with Gasteiger partial charge in [0.05, 0.1) is 12.2 Å². The van der Waals surface area contributed by atoms with Gasteiger partial charge in [0.25, 0.3) is 0 Å². The fourth-order valence-electron chi connectivity index (χ4n) is 2.13. The number of rotatable bonds is 3. The van der Waals surface area contributed by atoms with Crippen LogP contribution in [0.15, 0.2) is 42.6 Å². The topological polar surface area (TPSA) is 74.1 Å². The summed E-state index contributed by atoms with van der Waals surface area (Å²) in [4.78, 5) is 11.9. The lowest BCUT2D eigenvalue weighted by atomic mass is 10.2. The number of hydrogen-bond acceptors (Lipinski definition) is 5. The van der Waals surface area contributed by atoms with E-state index in [1.807, 2.05) is 38.1 Å². The van der Waals surface area contributed by atoms with Crippen molar-refractivity contribution >= 4 is 15.9 Å². The Kier molecular flexibility index (Phi) is 3.50. The first kappa shape index (κ1) is 13.8. The highest BCUT2D eigenvalue weighted by Crippen LogP contribution is 2.22. The van der Waals surface area contributed by atoms with Crippen LogP contribution in [0.3, 0.4) is 0 Å². The Balaban J connectivity index is 2.08. The van der Waals surface area contributed by atoms with E-state index in [2.05, 4.69) is 26.2 Å². The molecular formula is C14H12BrN3O3. The van der Waals surface area contributed by atoms with Crippen molar-refractivity contribution in [3.05, 3.63) is 56.3 Å². The van der Waals surface area contributed by atoms with E-state index in [9.17, 15) is 4.79 Å². The predicted octanol–water partition coefficient (Wildman–Crippen LogP) is 2.92. The summed E-state index contributed by atoms with van der Waals surface area (Å²) in [6, 6.07) is 7.52. The molecule has 0 spiro atoms. The molecule has 0 amide bonds. The summed E-state index contributed by atoms with van der Waals surface area (Å²) < 4.78 is 12.3. The van der Waals surface area contributed by atoms with Gasteiger partial charge in [-0.05, 0) is 26.0 Å². The second kappa shape index (κ2) is 5.33. The molecule has 0 radical (unpaired) electrons. The van der Waals surface area contributed by atoms with Gasteiger partial charge in [-0.25, -0.2) is 4.79 Å². The summed E-state index contributed by atoms with van der Waals surface area (Å²) in [5.74, 6) is 0.645. The normalized spacial score (nSPS) is 11.0. The molecule has 0 N–H and O–H groups in total. The molecule has 0 aliphatic rings. The van der Waals surface area contributed by atoms with Gasteiger partial charge in [0.2, 0.25) is 0 Å². The van der Waals surface area contributed by atoms with Gasteiger partial charge in [0.1, 0.15) is 5.76 Å². The van der Waals surface area contributed by atoms with Crippen LogP contribution in [0.5, 0.6) is 0 Å². The molecule has 0 fully saturated rings. The molecule has 6 nitrogen and oxygen atoms in total. The molecule has 0 bridgehead atoms. The minimum absolute atomic E-state index is 0.311. The van der Waals surface area contributed by atoms with Crippen LogP contribution in [0.2, 0.25) is 0 Å². The summed E-state index contributed by atoms with van der Waals surface area (Å²) in [7, 11) is 0. The van der Waals surface area contributed by atoms with E-state index in [-0.39, 0.29) is 0 Å². The second-order valence-corrected chi connectivity index (χ2v) is 5.59. The van der Waals surface area contributed by atoms with Gasteiger partial charge in [0, 0.05) is 15.6 Å². The highest BCUT2D eigenvalue weighted by molar-refractivity contribution is 9.10. The Labute approximate surface area is 128 Å². The highest BCUT2D eigenvalue weighted by Gasteiger charge is 2.17. The Bertz CT molecular complexity index is 828. The maximum Gasteiger partial charge on any atom is 0.442 e. The molecule has 2 heterocycles. The number of aromatic nitrogens is 3. The van der Waals surface area contributed by atoms with Crippen LogP contribution < -0.4 is 5.76 Å². The molecule has 0 aliphatic carbocycles. The summed E-state index contributed by atoms with van der Waals surface area (Å²) in [6.45, 7) is 3.96. The molecule has 108 valence electrons. The summed E-state index contributed by atoms with van der Waals surface area (Å²) in [5, 5.41) is 7.76. The van der Waals surface area contributed by atoms with Gasteiger partial charge < -0.3 is 4.52 Å². The van der Waals surface area contributed by atoms with E-state index < -0.39 is 5.76 Å². The fourth-order valence-corrected chi connectivity index (χ4v) is 2.53. The zero-order valence-electron chi connectivity index (χ0n) is 11.5. The SMILES string of the molecule is Cc1noc(C)c1Cn1c(-c2cccc(Br)c2)noc1=O. The van der Waals surface area contributed by atoms with Gasteiger partial charge in [-0.1, -0.05) is 38.4 Å². The molecule has 0 saturated carbocycles. The third-order valence-corrected chi connectivity index (χ3v) is 3.76. The zero-order valence-corrected chi connectivity index (χ0v) is 13.0. The van der Waals surface area contributed by atoms with Gasteiger partial charge in [-0.3, -0.25) is 9.09 Å². The van der Waals surface area contributed by atoms with E-state index in [4.69, 9.17) is 9.05 Å². The first-order chi connectivity index (χ1) is 10.1.